The molecule has 0 fully saturated rings. The predicted molar refractivity (Wildman–Crippen MR) is 67.4 cm³/mol. The molecule has 0 bridgehead atoms. The zero-order chi connectivity index (χ0) is 15.4. The number of hydrogen-bond acceptors (Lipinski definition) is 2. The third-order valence-corrected chi connectivity index (χ3v) is 2.53. The normalized spacial score (nSPS) is 10.5. The van der Waals surface area contributed by atoms with Crippen molar-refractivity contribution < 1.29 is 27.1 Å². The lowest BCUT2D eigenvalue weighted by Crippen LogP contribution is -2.14. The Bertz CT molecular complexity index is 644. The smallest absolute Gasteiger partial charge is 0.387 e. The summed E-state index contributed by atoms with van der Waals surface area (Å²) in [5.41, 5.74) is -0.229. The molecule has 0 aliphatic heterocycles. The molecule has 0 aliphatic carbocycles. The van der Waals surface area contributed by atoms with Crippen LogP contribution in [0.1, 0.15) is 10.4 Å². The minimum Gasteiger partial charge on any atom is -0.435 e. The van der Waals surface area contributed by atoms with Crippen molar-refractivity contribution in [3.63, 3.8) is 0 Å². The van der Waals surface area contributed by atoms with Gasteiger partial charge in [0.1, 0.15) is 5.75 Å². The molecule has 2 rings (SSSR count). The fraction of sp³-hybridized carbons (Fsp3) is 0.0714. The third kappa shape index (κ3) is 3.71. The van der Waals surface area contributed by atoms with E-state index in [-0.39, 0.29) is 11.4 Å². The van der Waals surface area contributed by atoms with Crippen molar-refractivity contribution in [2.75, 3.05) is 5.32 Å². The quantitative estimate of drug-likeness (QED) is 0.872. The van der Waals surface area contributed by atoms with Crippen molar-refractivity contribution in [3.05, 3.63) is 59.7 Å². The summed E-state index contributed by atoms with van der Waals surface area (Å²) in [6, 6.07) is 8.24. The fourth-order valence-corrected chi connectivity index (χ4v) is 1.60. The van der Waals surface area contributed by atoms with Crippen molar-refractivity contribution in [2.45, 2.75) is 6.61 Å². The number of halogens is 4. The molecule has 2 aromatic carbocycles. The van der Waals surface area contributed by atoms with Gasteiger partial charge >= 0.3 is 6.61 Å². The lowest BCUT2D eigenvalue weighted by molar-refractivity contribution is -0.0498. The number of carbonyl (C=O) groups excluding carboxylic acids is 1. The van der Waals surface area contributed by atoms with Gasteiger partial charge in [0.15, 0.2) is 11.6 Å². The summed E-state index contributed by atoms with van der Waals surface area (Å²) in [6.07, 6.45) is 0. The maximum Gasteiger partial charge on any atom is 0.387 e. The first kappa shape index (κ1) is 14.8. The average molecular weight is 299 g/mol. The van der Waals surface area contributed by atoms with E-state index in [1.165, 1.54) is 30.3 Å². The molecule has 7 heteroatoms. The summed E-state index contributed by atoms with van der Waals surface area (Å²) in [6.45, 7) is -2.95. The van der Waals surface area contributed by atoms with Crippen molar-refractivity contribution >= 4 is 11.6 Å². The highest BCUT2D eigenvalue weighted by atomic mass is 19.3. The molecule has 3 nitrogen and oxygen atoms in total. The van der Waals surface area contributed by atoms with Gasteiger partial charge < -0.3 is 10.1 Å². The standard InChI is InChI=1S/C14H9F4NO2/c15-11-3-1-2-10(12(11)16)13(20)19-8-4-6-9(7-5-8)21-14(17)18/h1-7,14H,(H,19,20). The van der Waals surface area contributed by atoms with Gasteiger partial charge in [-0.2, -0.15) is 8.78 Å². The molecule has 0 heterocycles. The Morgan fingerprint density at radius 2 is 1.71 bits per heavy atom. The number of carbonyl (C=O) groups is 1. The molecule has 21 heavy (non-hydrogen) atoms. The lowest BCUT2D eigenvalue weighted by atomic mass is 10.2. The average Bonchev–Trinajstić information content (AvgIpc) is 2.43. The topological polar surface area (TPSA) is 38.3 Å². The molecule has 0 unspecified atom stereocenters. The minimum absolute atomic E-state index is 0.0834. The number of hydrogen-bond donors (Lipinski definition) is 1. The molecule has 2 aromatic rings. The highest BCUT2D eigenvalue weighted by Crippen LogP contribution is 2.19. The monoisotopic (exact) mass is 299 g/mol. The van der Waals surface area contributed by atoms with E-state index in [2.05, 4.69) is 10.1 Å². The van der Waals surface area contributed by atoms with Crippen LogP contribution in [0.3, 0.4) is 0 Å². The zero-order valence-corrected chi connectivity index (χ0v) is 10.4. The zero-order valence-electron chi connectivity index (χ0n) is 10.4. The molecule has 110 valence electrons. The molecule has 0 radical (unpaired) electrons. The van der Waals surface area contributed by atoms with Gasteiger partial charge in [0.2, 0.25) is 0 Å². The van der Waals surface area contributed by atoms with Crippen LogP contribution in [0, 0.1) is 11.6 Å². The third-order valence-electron chi connectivity index (χ3n) is 2.53. The molecule has 0 atom stereocenters. The second-order valence-corrected chi connectivity index (χ2v) is 3.96. The molecule has 1 amide bonds. The molecule has 0 saturated carbocycles. The predicted octanol–water partition coefficient (Wildman–Crippen LogP) is 3.82. The maximum absolute atomic E-state index is 13.4. The molecule has 0 spiro atoms. The first-order valence-corrected chi connectivity index (χ1v) is 5.77. The second-order valence-electron chi connectivity index (χ2n) is 3.96. The molecular formula is C14H9F4NO2. The van der Waals surface area contributed by atoms with E-state index in [9.17, 15) is 22.4 Å². The van der Waals surface area contributed by atoms with E-state index in [0.29, 0.717) is 0 Å². The molecule has 0 saturated heterocycles. The van der Waals surface area contributed by atoms with Crippen molar-refractivity contribution in [1.82, 2.24) is 0 Å². The van der Waals surface area contributed by atoms with Gasteiger partial charge in [-0.3, -0.25) is 4.79 Å². The van der Waals surface area contributed by atoms with Crippen LogP contribution in [0.2, 0.25) is 0 Å². The Balaban J connectivity index is 2.11. The summed E-state index contributed by atoms with van der Waals surface area (Å²) >= 11 is 0. The maximum atomic E-state index is 13.4. The van der Waals surface area contributed by atoms with E-state index < -0.39 is 29.7 Å². The van der Waals surface area contributed by atoms with Gasteiger partial charge in [-0.15, -0.1) is 0 Å². The first-order chi connectivity index (χ1) is 9.97. The van der Waals surface area contributed by atoms with Crippen molar-refractivity contribution in [1.29, 1.82) is 0 Å². The van der Waals surface area contributed by atoms with Gasteiger partial charge in [-0.25, -0.2) is 8.78 Å². The minimum atomic E-state index is -2.95. The van der Waals surface area contributed by atoms with E-state index in [1.807, 2.05) is 0 Å². The Hall–Kier alpha value is -2.57. The Kier molecular flexibility index (Phi) is 4.42. The van der Waals surface area contributed by atoms with Crippen LogP contribution in [-0.4, -0.2) is 12.5 Å². The van der Waals surface area contributed by atoms with Gasteiger partial charge in [-0.1, -0.05) is 6.07 Å². The molecule has 0 aromatic heterocycles. The summed E-state index contributed by atoms with van der Waals surface area (Å²) in [5.74, 6) is -3.33. The van der Waals surface area contributed by atoms with Gasteiger partial charge in [0.05, 0.1) is 5.56 Å². The Labute approximate surface area is 117 Å². The number of benzene rings is 2. The number of ether oxygens (including phenoxy) is 1. The van der Waals surface area contributed by atoms with Gasteiger partial charge in [0.25, 0.3) is 5.91 Å². The first-order valence-electron chi connectivity index (χ1n) is 5.77. The highest BCUT2D eigenvalue weighted by molar-refractivity contribution is 6.04. The SMILES string of the molecule is O=C(Nc1ccc(OC(F)F)cc1)c1cccc(F)c1F. The fourth-order valence-electron chi connectivity index (χ4n) is 1.60. The van der Waals surface area contributed by atoms with Crippen LogP contribution in [0.25, 0.3) is 0 Å². The molecular weight excluding hydrogens is 290 g/mol. The Morgan fingerprint density at radius 1 is 1.05 bits per heavy atom. The van der Waals surface area contributed by atoms with E-state index in [0.717, 1.165) is 12.1 Å². The van der Waals surface area contributed by atoms with Crippen molar-refractivity contribution in [3.8, 4) is 5.75 Å². The number of anilines is 1. The summed E-state index contributed by atoms with van der Waals surface area (Å²) in [7, 11) is 0. The summed E-state index contributed by atoms with van der Waals surface area (Å²) in [5, 5.41) is 2.32. The van der Waals surface area contributed by atoms with Crippen molar-refractivity contribution in [2.24, 2.45) is 0 Å². The Morgan fingerprint density at radius 3 is 2.33 bits per heavy atom. The van der Waals surface area contributed by atoms with Crippen LogP contribution < -0.4 is 10.1 Å². The number of alkyl halides is 2. The molecule has 0 aliphatic rings. The number of rotatable bonds is 4. The van der Waals surface area contributed by atoms with Gasteiger partial charge in [-0.05, 0) is 36.4 Å². The van der Waals surface area contributed by atoms with Crippen LogP contribution >= 0.6 is 0 Å². The molecule has 1 N–H and O–H groups in total. The van der Waals surface area contributed by atoms with E-state index >= 15 is 0 Å². The van der Waals surface area contributed by atoms with E-state index in [1.54, 1.807) is 0 Å². The largest absolute Gasteiger partial charge is 0.435 e. The second kappa shape index (κ2) is 6.25. The van der Waals surface area contributed by atoms with E-state index in [4.69, 9.17) is 0 Å². The van der Waals surface area contributed by atoms with Crippen LogP contribution in [0.4, 0.5) is 23.2 Å². The van der Waals surface area contributed by atoms with Crippen LogP contribution in [0.5, 0.6) is 5.75 Å². The van der Waals surface area contributed by atoms with Crippen LogP contribution in [0.15, 0.2) is 42.5 Å². The number of amides is 1. The van der Waals surface area contributed by atoms with Gasteiger partial charge in [0, 0.05) is 5.69 Å². The summed E-state index contributed by atoms with van der Waals surface area (Å²) in [4.78, 5) is 11.8. The highest BCUT2D eigenvalue weighted by Gasteiger charge is 2.15. The number of nitrogens with one attached hydrogen (secondary N) is 1. The van der Waals surface area contributed by atoms with Crippen LogP contribution in [-0.2, 0) is 0 Å². The summed E-state index contributed by atoms with van der Waals surface area (Å²) < 4.78 is 54.5. The lowest BCUT2D eigenvalue weighted by Gasteiger charge is -2.08.